The quantitative estimate of drug-likeness (QED) is 0.589. The molecule has 1 aromatic heterocycles. The van der Waals surface area contributed by atoms with Gasteiger partial charge in [-0.1, -0.05) is 19.1 Å². The molecule has 2 aliphatic rings. The van der Waals surface area contributed by atoms with Gasteiger partial charge in [0.15, 0.2) is 11.9 Å². The average Bonchev–Trinajstić information content (AvgIpc) is 3.56. The molecule has 11 heteroatoms. The Bertz CT molecular complexity index is 984. The van der Waals surface area contributed by atoms with E-state index in [9.17, 15) is 9.59 Å². The number of hydrogen-bond acceptors (Lipinski definition) is 7. The van der Waals surface area contributed by atoms with Crippen molar-refractivity contribution in [2.24, 2.45) is 0 Å². The minimum Gasteiger partial charge on any atom is -0.497 e. The predicted molar refractivity (Wildman–Crippen MR) is 121 cm³/mol. The molecule has 184 valence electrons. The molecule has 2 fully saturated rings. The molecule has 2 amide bonds. The van der Waals surface area contributed by atoms with E-state index in [1.807, 2.05) is 33.7 Å². The summed E-state index contributed by atoms with van der Waals surface area (Å²) < 4.78 is 12.9. The Hall–Kier alpha value is -3.47. The van der Waals surface area contributed by atoms with Crippen molar-refractivity contribution in [3.63, 3.8) is 0 Å². The summed E-state index contributed by atoms with van der Waals surface area (Å²) >= 11 is 0. The maximum absolute atomic E-state index is 13.1. The van der Waals surface area contributed by atoms with Gasteiger partial charge in [-0.05, 0) is 37.0 Å². The van der Waals surface area contributed by atoms with Gasteiger partial charge in [0, 0.05) is 19.5 Å². The molecule has 1 aliphatic carbocycles. The first-order valence-corrected chi connectivity index (χ1v) is 11.3. The van der Waals surface area contributed by atoms with E-state index in [4.69, 9.17) is 19.4 Å². The van der Waals surface area contributed by atoms with Gasteiger partial charge < -0.3 is 29.4 Å². The molecule has 34 heavy (non-hydrogen) atoms. The molecule has 4 rings (SSSR count). The van der Waals surface area contributed by atoms with E-state index in [0.717, 1.165) is 44.0 Å². The first kappa shape index (κ1) is 25.2. The fourth-order valence-corrected chi connectivity index (χ4v) is 3.88. The van der Waals surface area contributed by atoms with E-state index in [2.05, 4.69) is 22.4 Å². The van der Waals surface area contributed by atoms with Crippen LogP contribution in [0.2, 0.25) is 0 Å². The number of carboxylic acids is 1. The Morgan fingerprint density at radius 1 is 1.26 bits per heavy atom. The number of amides is 2. The van der Waals surface area contributed by atoms with Crippen molar-refractivity contribution >= 4 is 17.8 Å². The van der Waals surface area contributed by atoms with Crippen LogP contribution in [0.4, 0.5) is 0 Å². The number of nitrogens with zero attached hydrogens (tertiary/aromatic N) is 4. The van der Waals surface area contributed by atoms with Crippen molar-refractivity contribution in [3.05, 3.63) is 42.0 Å². The average molecular weight is 474 g/mol. The van der Waals surface area contributed by atoms with Crippen LogP contribution in [0.3, 0.4) is 0 Å². The smallest absolute Gasteiger partial charge is 0.300 e. The zero-order valence-electron chi connectivity index (χ0n) is 19.6. The van der Waals surface area contributed by atoms with Crippen LogP contribution in [0.25, 0.3) is 0 Å². The number of ether oxygens (including phenoxy) is 2. The van der Waals surface area contributed by atoms with Crippen LogP contribution in [0, 0.1) is 0 Å². The van der Waals surface area contributed by atoms with E-state index < -0.39 is 18.1 Å². The highest BCUT2D eigenvalue weighted by molar-refractivity contribution is 5.86. The summed E-state index contributed by atoms with van der Waals surface area (Å²) in [5.74, 6) is 0.234. The lowest BCUT2D eigenvalue weighted by atomic mass is 9.96. The second kappa shape index (κ2) is 11.6. The summed E-state index contributed by atoms with van der Waals surface area (Å²) in [6, 6.07) is 7.14. The molecular formula is C23H31N5O6. The first-order valence-electron chi connectivity index (χ1n) is 11.3. The number of carboxylic acid groups (broad SMARTS) is 1. The molecule has 0 spiro atoms. The number of aryl methyl sites for hydroxylation is 1. The maximum atomic E-state index is 13.1. The fraction of sp³-hybridized carbons (Fsp3) is 0.522. The van der Waals surface area contributed by atoms with Crippen LogP contribution in [0.15, 0.2) is 30.6 Å². The SMILES string of the molecule is CC(=O)O.CCCn1cnnc1CNC(=O)[C@H]1OCC(=O)N(C2CC2)[C@@H]1c1ccc(OC)cc1. The summed E-state index contributed by atoms with van der Waals surface area (Å²) in [5.41, 5.74) is 0.852. The van der Waals surface area contributed by atoms with Crippen LogP contribution in [-0.2, 0) is 32.2 Å². The second-order valence-corrected chi connectivity index (χ2v) is 8.16. The molecule has 0 unspecified atom stereocenters. The van der Waals surface area contributed by atoms with Crippen LogP contribution < -0.4 is 10.1 Å². The minimum absolute atomic E-state index is 0.0787. The molecule has 2 aromatic rings. The number of rotatable bonds is 8. The Morgan fingerprint density at radius 3 is 2.53 bits per heavy atom. The molecule has 1 aromatic carbocycles. The zero-order chi connectivity index (χ0) is 24.7. The summed E-state index contributed by atoms with van der Waals surface area (Å²) in [6.45, 7) is 4.11. The van der Waals surface area contributed by atoms with Gasteiger partial charge >= 0.3 is 0 Å². The summed E-state index contributed by atoms with van der Waals surface area (Å²) in [5, 5.41) is 18.4. The molecule has 2 N–H and O–H groups in total. The summed E-state index contributed by atoms with van der Waals surface area (Å²) in [6.07, 6.45) is 3.72. The molecule has 1 saturated carbocycles. The van der Waals surface area contributed by atoms with Crippen LogP contribution in [0.5, 0.6) is 5.75 Å². The molecule has 2 atom stereocenters. The van der Waals surface area contributed by atoms with Gasteiger partial charge in [0.1, 0.15) is 18.7 Å². The lowest BCUT2D eigenvalue weighted by Crippen LogP contribution is -2.55. The van der Waals surface area contributed by atoms with Gasteiger partial charge in [-0.2, -0.15) is 0 Å². The van der Waals surface area contributed by atoms with Gasteiger partial charge in [0.05, 0.1) is 19.7 Å². The highest BCUT2D eigenvalue weighted by atomic mass is 16.5. The van der Waals surface area contributed by atoms with E-state index >= 15 is 0 Å². The maximum Gasteiger partial charge on any atom is 0.300 e. The third-order valence-corrected chi connectivity index (χ3v) is 5.50. The largest absolute Gasteiger partial charge is 0.497 e. The Balaban J connectivity index is 0.000000751. The summed E-state index contributed by atoms with van der Waals surface area (Å²) in [7, 11) is 1.60. The monoisotopic (exact) mass is 473 g/mol. The number of aromatic nitrogens is 3. The van der Waals surface area contributed by atoms with Crippen molar-refractivity contribution < 1.29 is 29.0 Å². The minimum atomic E-state index is -0.833. The number of hydrogen-bond donors (Lipinski definition) is 2. The normalized spacial score (nSPS) is 19.7. The van der Waals surface area contributed by atoms with Gasteiger partial charge in [-0.15, -0.1) is 10.2 Å². The van der Waals surface area contributed by atoms with Crippen LogP contribution in [0.1, 0.15) is 50.5 Å². The molecule has 0 radical (unpaired) electrons. The van der Waals surface area contributed by atoms with E-state index in [1.165, 1.54) is 0 Å². The molecule has 1 saturated heterocycles. The number of aliphatic carboxylic acids is 1. The first-order chi connectivity index (χ1) is 16.3. The van der Waals surface area contributed by atoms with Crippen molar-refractivity contribution in [2.75, 3.05) is 13.7 Å². The topological polar surface area (TPSA) is 136 Å². The molecule has 2 heterocycles. The molecule has 0 bridgehead atoms. The number of benzene rings is 1. The number of morpholine rings is 1. The van der Waals surface area contributed by atoms with Crippen molar-refractivity contribution in [1.29, 1.82) is 0 Å². The third kappa shape index (κ3) is 6.31. The van der Waals surface area contributed by atoms with Crippen molar-refractivity contribution in [2.45, 2.75) is 64.4 Å². The van der Waals surface area contributed by atoms with Gasteiger partial charge in [0.25, 0.3) is 11.9 Å². The van der Waals surface area contributed by atoms with Crippen molar-refractivity contribution in [1.82, 2.24) is 25.0 Å². The number of methoxy groups -OCH3 is 1. The zero-order valence-corrected chi connectivity index (χ0v) is 19.6. The molecule has 11 nitrogen and oxygen atoms in total. The van der Waals surface area contributed by atoms with Crippen LogP contribution >= 0.6 is 0 Å². The van der Waals surface area contributed by atoms with Crippen LogP contribution in [-0.4, -0.2) is 68.4 Å². The number of carbonyl (C=O) groups excluding carboxylic acids is 2. The van der Waals surface area contributed by atoms with Gasteiger partial charge in [0.2, 0.25) is 5.91 Å². The number of carbonyl (C=O) groups is 3. The standard InChI is InChI=1S/C21H27N5O4.C2H4O2/c1-3-10-25-13-23-24-17(25)11-22-21(28)20-19(14-4-8-16(29-2)9-5-14)26(15-6-7-15)18(27)12-30-20;1-2(3)4/h4-5,8-9,13,15,19-20H,3,6-7,10-12H2,1-2H3,(H,22,28);1H3,(H,3,4)/t19-,20+;/m1./s1. The van der Waals surface area contributed by atoms with E-state index in [1.54, 1.807) is 13.4 Å². The lowest BCUT2D eigenvalue weighted by molar-refractivity contribution is -0.165. The van der Waals surface area contributed by atoms with E-state index in [0.29, 0.717) is 5.82 Å². The lowest BCUT2D eigenvalue weighted by Gasteiger charge is -2.40. The molecular weight excluding hydrogens is 442 g/mol. The Labute approximate surface area is 198 Å². The fourth-order valence-electron chi connectivity index (χ4n) is 3.88. The highest BCUT2D eigenvalue weighted by Crippen LogP contribution is 2.39. The Morgan fingerprint density at radius 2 is 1.94 bits per heavy atom. The second-order valence-electron chi connectivity index (χ2n) is 8.16. The number of nitrogens with one attached hydrogen (secondary N) is 1. The van der Waals surface area contributed by atoms with Gasteiger partial charge in [-0.25, -0.2) is 0 Å². The summed E-state index contributed by atoms with van der Waals surface area (Å²) in [4.78, 5) is 36.6. The van der Waals surface area contributed by atoms with Gasteiger partial charge in [-0.3, -0.25) is 14.4 Å². The third-order valence-electron chi connectivity index (χ3n) is 5.50. The van der Waals surface area contributed by atoms with E-state index in [-0.39, 0.29) is 31.0 Å². The molecule has 1 aliphatic heterocycles. The highest BCUT2D eigenvalue weighted by Gasteiger charge is 2.47. The Kier molecular flexibility index (Phi) is 8.58. The predicted octanol–water partition coefficient (Wildman–Crippen LogP) is 1.53. The van der Waals surface area contributed by atoms with Crippen molar-refractivity contribution in [3.8, 4) is 5.75 Å².